The van der Waals surface area contributed by atoms with Crippen LogP contribution in [-0.2, 0) is 18.4 Å². The Bertz CT molecular complexity index is 413. The molecule has 5 heteroatoms. The van der Waals surface area contributed by atoms with E-state index in [1.165, 1.54) is 0 Å². The Balaban J connectivity index is 1.90. The molecule has 2 N–H and O–H groups in total. The summed E-state index contributed by atoms with van der Waals surface area (Å²) in [7, 11) is 1.90. The Morgan fingerprint density at radius 2 is 2.47 bits per heavy atom. The lowest BCUT2D eigenvalue weighted by atomic mass is 10.0. The Hall–Kier alpha value is -1.36. The van der Waals surface area contributed by atoms with E-state index in [2.05, 4.69) is 22.7 Å². The molecule has 2 atom stereocenters. The molecule has 0 radical (unpaired) electrons. The molecule has 0 bridgehead atoms. The number of aryl methyl sites for hydroxylation is 1. The molecule has 1 aliphatic heterocycles. The van der Waals surface area contributed by atoms with Gasteiger partial charge in [-0.1, -0.05) is 6.92 Å². The van der Waals surface area contributed by atoms with Crippen molar-refractivity contribution in [1.29, 1.82) is 0 Å². The molecular formula is C12H20N4O. The second-order valence-corrected chi connectivity index (χ2v) is 4.79. The Kier molecular flexibility index (Phi) is 3.47. The van der Waals surface area contributed by atoms with Gasteiger partial charge in [0.15, 0.2) is 0 Å². The number of hydrogen-bond donors (Lipinski definition) is 2. The number of carbonyl (C=O) groups excluding carboxylic acids is 1. The fourth-order valence-corrected chi connectivity index (χ4v) is 2.20. The first kappa shape index (κ1) is 12.1. The van der Waals surface area contributed by atoms with E-state index in [4.69, 9.17) is 0 Å². The fraction of sp³-hybridized carbons (Fsp3) is 0.667. The minimum absolute atomic E-state index is 0.0352. The van der Waals surface area contributed by atoms with Gasteiger partial charge in [0.1, 0.15) is 0 Å². The average molecular weight is 236 g/mol. The van der Waals surface area contributed by atoms with Crippen LogP contribution in [-0.4, -0.2) is 28.3 Å². The van der Waals surface area contributed by atoms with Crippen molar-refractivity contribution in [2.45, 2.75) is 32.9 Å². The van der Waals surface area contributed by atoms with Crippen molar-refractivity contribution in [3.8, 4) is 0 Å². The van der Waals surface area contributed by atoms with Crippen LogP contribution in [0.5, 0.6) is 0 Å². The maximum Gasteiger partial charge on any atom is 0.237 e. The lowest BCUT2D eigenvalue weighted by Crippen LogP contribution is -2.42. The highest BCUT2D eigenvalue weighted by atomic mass is 16.2. The number of amides is 1. The third-order valence-corrected chi connectivity index (χ3v) is 3.61. The average Bonchev–Trinajstić information content (AvgIpc) is 2.85. The summed E-state index contributed by atoms with van der Waals surface area (Å²) in [6.45, 7) is 5.61. The molecule has 1 aromatic rings. The summed E-state index contributed by atoms with van der Waals surface area (Å²) in [4.78, 5) is 11.9. The van der Waals surface area contributed by atoms with Crippen molar-refractivity contribution in [2.75, 3.05) is 6.54 Å². The molecule has 1 aliphatic rings. The zero-order valence-electron chi connectivity index (χ0n) is 10.7. The lowest BCUT2D eigenvalue weighted by molar-refractivity contribution is -0.123. The Morgan fingerprint density at radius 1 is 1.71 bits per heavy atom. The van der Waals surface area contributed by atoms with E-state index in [1.807, 2.05) is 18.7 Å². The zero-order valence-corrected chi connectivity index (χ0v) is 10.7. The van der Waals surface area contributed by atoms with Crippen molar-refractivity contribution < 1.29 is 4.79 Å². The molecule has 17 heavy (non-hydrogen) atoms. The summed E-state index contributed by atoms with van der Waals surface area (Å²) >= 11 is 0. The molecule has 2 rings (SSSR count). The highest BCUT2D eigenvalue weighted by Gasteiger charge is 2.28. The van der Waals surface area contributed by atoms with Gasteiger partial charge in [-0.15, -0.1) is 0 Å². The van der Waals surface area contributed by atoms with Crippen LogP contribution in [0.15, 0.2) is 6.20 Å². The molecule has 0 saturated carbocycles. The molecule has 1 aromatic heterocycles. The summed E-state index contributed by atoms with van der Waals surface area (Å²) in [5.74, 6) is 0.517. The van der Waals surface area contributed by atoms with E-state index < -0.39 is 0 Å². The summed E-state index contributed by atoms with van der Waals surface area (Å²) in [6.07, 6.45) is 2.88. The van der Waals surface area contributed by atoms with Crippen molar-refractivity contribution in [2.24, 2.45) is 13.0 Å². The highest BCUT2D eigenvalue weighted by Crippen LogP contribution is 2.14. The number of aromatic nitrogens is 2. The maximum atomic E-state index is 11.9. The maximum absolute atomic E-state index is 11.9. The van der Waals surface area contributed by atoms with Gasteiger partial charge in [0.05, 0.1) is 12.2 Å². The first-order chi connectivity index (χ1) is 8.09. The van der Waals surface area contributed by atoms with E-state index in [1.54, 1.807) is 6.20 Å². The van der Waals surface area contributed by atoms with Gasteiger partial charge in [-0.25, -0.2) is 0 Å². The van der Waals surface area contributed by atoms with Gasteiger partial charge in [-0.05, 0) is 25.8 Å². The van der Waals surface area contributed by atoms with Crippen molar-refractivity contribution in [3.63, 3.8) is 0 Å². The monoisotopic (exact) mass is 236 g/mol. The largest absolute Gasteiger partial charge is 0.351 e. The predicted octanol–water partition coefficient (Wildman–Crippen LogP) is 0.343. The SMILES string of the molecule is Cc1c(CNC(=O)C2NCCC2C)cnn1C. The first-order valence-electron chi connectivity index (χ1n) is 6.08. The van der Waals surface area contributed by atoms with E-state index in [9.17, 15) is 4.79 Å². The van der Waals surface area contributed by atoms with E-state index in [-0.39, 0.29) is 11.9 Å². The normalized spacial score (nSPS) is 23.9. The highest BCUT2D eigenvalue weighted by molar-refractivity contribution is 5.82. The van der Waals surface area contributed by atoms with Crippen molar-refractivity contribution in [1.82, 2.24) is 20.4 Å². The van der Waals surface area contributed by atoms with Gasteiger partial charge in [-0.3, -0.25) is 9.48 Å². The van der Waals surface area contributed by atoms with Gasteiger partial charge in [0.25, 0.3) is 0 Å². The Labute approximate surface area is 102 Å². The van der Waals surface area contributed by atoms with Crippen LogP contribution in [0.2, 0.25) is 0 Å². The lowest BCUT2D eigenvalue weighted by Gasteiger charge is -2.15. The third kappa shape index (κ3) is 2.49. The second-order valence-electron chi connectivity index (χ2n) is 4.79. The van der Waals surface area contributed by atoms with Crippen molar-refractivity contribution in [3.05, 3.63) is 17.5 Å². The van der Waals surface area contributed by atoms with Crippen LogP contribution < -0.4 is 10.6 Å². The van der Waals surface area contributed by atoms with Crippen LogP contribution in [0.4, 0.5) is 0 Å². The molecule has 0 spiro atoms. The predicted molar refractivity (Wildman–Crippen MR) is 65.4 cm³/mol. The Morgan fingerprint density at radius 3 is 3.00 bits per heavy atom. The van der Waals surface area contributed by atoms with Gasteiger partial charge in [-0.2, -0.15) is 5.10 Å². The number of rotatable bonds is 3. The molecule has 5 nitrogen and oxygen atoms in total. The minimum atomic E-state index is -0.0352. The van der Waals surface area contributed by atoms with Gasteiger partial charge in [0, 0.05) is 24.8 Å². The van der Waals surface area contributed by atoms with Crippen LogP contribution in [0.3, 0.4) is 0 Å². The van der Waals surface area contributed by atoms with Crippen LogP contribution >= 0.6 is 0 Å². The zero-order chi connectivity index (χ0) is 12.4. The topological polar surface area (TPSA) is 59.0 Å². The van der Waals surface area contributed by atoms with Crippen LogP contribution in [0, 0.1) is 12.8 Å². The summed E-state index contributed by atoms with van der Waals surface area (Å²) < 4.78 is 1.82. The molecule has 1 amide bonds. The molecule has 94 valence electrons. The van der Waals surface area contributed by atoms with Crippen molar-refractivity contribution >= 4 is 5.91 Å². The minimum Gasteiger partial charge on any atom is -0.351 e. The quantitative estimate of drug-likeness (QED) is 0.796. The van der Waals surface area contributed by atoms with Crippen LogP contribution in [0.25, 0.3) is 0 Å². The molecule has 2 unspecified atom stereocenters. The smallest absolute Gasteiger partial charge is 0.237 e. The summed E-state index contributed by atoms with van der Waals surface area (Å²) in [5.41, 5.74) is 2.17. The third-order valence-electron chi connectivity index (χ3n) is 3.61. The molecule has 0 aromatic carbocycles. The van der Waals surface area contributed by atoms with Gasteiger partial charge < -0.3 is 10.6 Å². The molecule has 1 saturated heterocycles. The van der Waals surface area contributed by atoms with Gasteiger partial charge in [0.2, 0.25) is 5.91 Å². The first-order valence-corrected chi connectivity index (χ1v) is 6.08. The van der Waals surface area contributed by atoms with E-state index >= 15 is 0 Å². The number of hydrogen-bond acceptors (Lipinski definition) is 3. The van der Waals surface area contributed by atoms with E-state index in [0.29, 0.717) is 12.5 Å². The number of nitrogens with zero attached hydrogens (tertiary/aromatic N) is 2. The van der Waals surface area contributed by atoms with E-state index in [0.717, 1.165) is 24.2 Å². The molecule has 1 fully saturated rings. The number of nitrogens with one attached hydrogen (secondary N) is 2. The standard InChI is InChI=1S/C12H20N4O/c1-8-4-5-13-11(8)12(17)14-6-10-7-15-16(3)9(10)2/h7-8,11,13H,4-6H2,1-3H3,(H,14,17). The second kappa shape index (κ2) is 4.87. The fourth-order valence-electron chi connectivity index (χ4n) is 2.20. The molecule has 0 aliphatic carbocycles. The molecular weight excluding hydrogens is 216 g/mol. The number of carbonyl (C=O) groups is 1. The molecule has 2 heterocycles. The summed E-state index contributed by atoms with van der Waals surface area (Å²) in [5, 5.41) is 10.4. The summed E-state index contributed by atoms with van der Waals surface area (Å²) in [6, 6.07) is -0.0352. The van der Waals surface area contributed by atoms with Gasteiger partial charge >= 0.3 is 0 Å². The van der Waals surface area contributed by atoms with Crippen LogP contribution in [0.1, 0.15) is 24.6 Å².